The lowest BCUT2D eigenvalue weighted by atomic mass is 10.0. The van der Waals surface area contributed by atoms with Gasteiger partial charge in [-0.3, -0.25) is 37.3 Å². The third kappa shape index (κ3) is 60.9. The number of phosphoric ester groups is 2. The summed E-state index contributed by atoms with van der Waals surface area (Å²) in [4.78, 5) is 72.2. The topological polar surface area (TPSA) is 237 Å². The van der Waals surface area contributed by atoms with Gasteiger partial charge in [0.25, 0.3) is 0 Å². The maximum atomic E-state index is 13.0. The predicted octanol–water partition coefficient (Wildman–Crippen LogP) is 18.7. The number of unbranched alkanes of at least 4 members (excludes halogenated alkanes) is 33. The summed E-state index contributed by atoms with van der Waals surface area (Å²) < 4.78 is 68.0. The van der Waals surface area contributed by atoms with E-state index in [4.69, 9.17) is 37.0 Å². The van der Waals surface area contributed by atoms with Gasteiger partial charge in [-0.25, -0.2) is 9.13 Å². The highest BCUT2D eigenvalue weighted by atomic mass is 31.2. The zero-order chi connectivity index (χ0) is 63.8. The van der Waals surface area contributed by atoms with Gasteiger partial charge in [-0.1, -0.05) is 280 Å². The van der Waals surface area contributed by atoms with Gasteiger partial charge in [0, 0.05) is 25.7 Å². The first-order valence-corrected chi connectivity index (χ1v) is 37.8. The second-order valence-electron chi connectivity index (χ2n) is 25.6. The molecule has 86 heavy (non-hydrogen) atoms. The molecule has 0 spiro atoms. The van der Waals surface area contributed by atoms with E-state index in [0.717, 1.165) is 120 Å². The molecule has 0 radical (unpaired) electrons. The van der Waals surface area contributed by atoms with Gasteiger partial charge >= 0.3 is 39.5 Å². The Bertz CT molecular complexity index is 1700. The summed E-state index contributed by atoms with van der Waals surface area (Å²) in [6, 6.07) is 0. The van der Waals surface area contributed by atoms with Crippen molar-refractivity contribution < 1.29 is 80.2 Å². The molecule has 2 unspecified atom stereocenters. The van der Waals surface area contributed by atoms with Crippen molar-refractivity contribution in [3.63, 3.8) is 0 Å². The van der Waals surface area contributed by atoms with Crippen molar-refractivity contribution in [3.05, 3.63) is 0 Å². The van der Waals surface area contributed by atoms with Crippen LogP contribution in [-0.4, -0.2) is 96.7 Å². The van der Waals surface area contributed by atoms with Crippen molar-refractivity contribution in [2.45, 2.75) is 349 Å². The van der Waals surface area contributed by atoms with Crippen LogP contribution in [0, 0.1) is 17.8 Å². The maximum absolute atomic E-state index is 13.0. The van der Waals surface area contributed by atoms with Gasteiger partial charge < -0.3 is 33.8 Å². The number of carbonyl (C=O) groups excluding carboxylic acids is 4. The molecule has 0 bridgehead atoms. The van der Waals surface area contributed by atoms with Crippen LogP contribution in [0.3, 0.4) is 0 Å². The largest absolute Gasteiger partial charge is 0.472 e. The molecule has 0 rings (SSSR count). The van der Waals surface area contributed by atoms with Gasteiger partial charge in [-0.05, 0) is 43.4 Å². The Kier molecular flexibility index (Phi) is 56.9. The molecule has 0 aliphatic rings. The third-order valence-electron chi connectivity index (χ3n) is 15.4. The molecular weight excluding hydrogens is 1140 g/mol. The Morgan fingerprint density at radius 3 is 0.791 bits per heavy atom. The summed E-state index contributed by atoms with van der Waals surface area (Å²) in [6.07, 6.45) is 40.5. The van der Waals surface area contributed by atoms with Crippen molar-refractivity contribution in [3.8, 4) is 0 Å². The highest BCUT2D eigenvalue weighted by Gasteiger charge is 2.30. The number of phosphoric acid groups is 2. The van der Waals surface area contributed by atoms with Crippen LogP contribution in [-0.2, 0) is 65.4 Å². The molecule has 0 amide bonds. The number of hydrogen-bond donors (Lipinski definition) is 3. The fraction of sp³-hybridized carbons (Fsp3) is 0.940. The molecule has 510 valence electrons. The number of ether oxygens (including phenoxy) is 4. The van der Waals surface area contributed by atoms with E-state index in [1.165, 1.54) is 128 Å². The van der Waals surface area contributed by atoms with Gasteiger partial charge in [0.15, 0.2) is 12.2 Å². The van der Waals surface area contributed by atoms with E-state index in [2.05, 4.69) is 48.5 Å². The van der Waals surface area contributed by atoms with Crippen molar-refractivity contribution in [2.75, 3.05) is 39.6 Å². The van der Waals surface area contributed by atoms with E-state index < -0.39 is 97.5 Å². The molecule has 0 aromatic carbocycles. The Hall–Kier alpha value is -1.94. The first kappa shape index (κ1) is 84.1. The Morgan fingerprint density at radius 1 is 0.314 bits per heavy atom. The highest BCUT2D eigenvalue weighted by molar-refractivity contribution is 7.47. The minimum absolute atomic E-state index is 0.104. The molecule has 0 saturated heterocycles. The summed E-state index contributed by atoms with van der Waals surface area (Å²) in [6.45, 7) is 11.7. The predicted molar refractivity (Wildman–Crippen MR) is 344 cm³/mol. The van der Waals surface area contributed by atoms with Crippen LogP contribution in [0.5, 0.6) is 0 Å². The molecule has 0 fully saturated rings. The van der Waals surface area contributed by atoms with E-state index in [1.807, 2.05) is 0 Å². The Labute approximate surface area is 524 Å². The molecule has 3 N–H and O–H groups in total. The summed E-state index contributed by atoms with van der Waals surface area (Å²) in [7, 11) is -9.89. The van der Waals surface area contributed by atoms with E-state index in [1.54, 1.807) is 0 Å². The van der Waals surface area contributed by atoms with Gasteiger partial charge in [-0.2, -0.15) is 0 Å². The quantitative estimate of drug-likeness (QED) is 0.0222. The van der Waals surface area contributed by atoms with Crippen LogP contribution in [0.4, 0.5) is 0 Å². The van der Waals surface area contributed by atoms with Crippen LogP contribution >= 0.6 is 15.6 Å². The monoisotopic (exact) mass is 1270 g/mol. The summed E-state index contributed by atoms with van der Waals surface area (Å²) in [5.74, 6) is 0.103. The standard InChI is InChI=1S/C67H130O17P2/c1-8-9-10-11-24-34-41-48-64(69)77-54-62(84-67(72)51-44-37-30-23-21-27-33-40-47-60(6)7)56-81-85(73,74)79-52-61(68)53-80-86(75,76)82-57-63(55-78-65(70)49-42-35-28-22-20-26-32-39-46-59(4)5)83-66(71)50-43-36-29-19-17-15-13-12-14-16-18-25-31-38-45-58(2)3/h58-63,68H,8-57H2,1-7H3,(H,73,74)(H,75,76)/t61-,62+,63+/m0/s1. The fourth-order valence-electron chi connectivity index (χ4n) is 10.0. The molecule has 0 aromatic heterocycles. The zero-order valence-corrected chi connectivity index (χ0v) is 57.6. The van der Waals surface area contributed by atoms with Crippen LogP contribution < -0.4 is 0 Å². The second kappa shape index (κ2) is 58.2. The molecule has 0 aliphatic carbocycles. The minimum atomic E-state index is -4.95. The van der Waals surface area contributed by atoms with Gasteiger partial charge in [0.1, 0.15) is 19.3 Å². The van der Waals surface area contributed by atoms with E-state index in [0.29, 0.717) is 25.7 Å². The van der Waals surface area contributed by atoms with Crippen LogP contribution in [0.15, 0.2) is 0 Å². The maximum Gasteiger partial charge on any atom is 0.472 e. The molecule has 5 atom stereocenters. The van der Waals surface area contributed by atoms with Crippen molar-refractivity contribution in [1.29, 1.82) is 0 Å². The summed E-state index contributed by atoms with van der Waals surface area (Å²) in [5, 5.41) is 10.5. The summed E-state index contributed by atoms with van der Waals surface area (Å²) in [5.41, 5.74) is 0. The van der Waals surface area contributed by atoms with E-state index >= 15 is 0 Å². The molecular formula is C67H130O17P2. The number of carbonyl (C=O) groups is 4. The summed E-state index contributed by atoms with van der Waals surface area (Å²) >= 11 is 0. The number of rotatable bonds is 65. The van der Waals surface area contributed by atoms with Crippen molar-refractivity contribution in [2.24, 2.45) is 17.8 Å². The lowest BCUT2D eigenvalue weighted by molar-refractivity contribution is -0.161. The first-order valence-electron chi connectivity index (χ1n) is 34.8. The van der Waals surface area contributed by atoms with Gasteiger partial charge in [0.2, 0.25) is 0 Å². The normalized spacial score (nSPS) is 14.3. The SMILES string of the molecule is CCCCCCCCCC(=O)OC[C@H](COP(=O)(O)OC[C@H](O)COP(=O)(O)OC[C@@H](COC(=O)CCCCCCCCCCC(C)C)OC(=O)CCCCCCCCCCCCCCCCC(C)C)OC(=O)CCCCCCCCCCC(C)C. The lowest BCUT2D eigenvalue weighted by Crippen LogP contribution is -2.30. The third-order valence-corrected chi connectivity index (χ3v) is 17.3. The lowest BCUT2D eigenvalue weighted by Gasteiger charge is -2.21. The molecule has 0 saturated carbocycles. The van der Waals surface area contributed by atoms with Crippen molar-refractivity contribution in [1.82, 2.24) is 0 Å². The first-order chi connectivity index (χ1) is 41.2. The Balaban J connectivity index is 5.20. The van der Waals surface area contributed by atoms with Crippen LogP contribution in [0.2, 0.25) is 0 Å². The number of hydrogen-bond acceptors (Lipinski definition) is 15. The average molecular weight is 1270 g/mol. The number of aliphatic hydroxyl groups is 1. The van der Waals surface area contributed by atoms with Crippen LogP contribution in [0.1, 0.15) is 331 Å². The molecule has 0 aliphatic heterocycles. The number of aliphatic hydroxyl groups excluding tert-OH is 1. The fourth-order valence-corrected chi connectivity index (χ4v) is 11.6. The average Bonchev–Trinajstić information content (AvgIpc) is 3.68. The van der Waals surface area contributed by atoms with E-state index in [9.17, 15) is 43.2 Å². The molecule has 17 nitrogen and oxygen atoms in total. The second-order valence-corrected chi connectivity index (χ2v) is 28.5. The van der Waals surface area contributed by atoms with E-state index in [-0.39, 0.29) is 25.7 Å². The van der Waals surface area contributed by atoms with Crippen molar-refractivity contribution >= 4 is 39.5 Å². The van der Waals surface area contributed by atoms with Gasteiger partial charge in [0.05, 0.1) is 26.4 Å². The Morgan fingerprint density at radius 2 is 0.535 bits per heavy atom. The zero-order valence-electron chi connectivity index (χ0n) is 55.8. The smallest absolute Gasteiger partial charge is 0.462 e. The van der Waals surface area contributed by atoms with Crippen LogP contribution in [0.25, 0.3) is 0 Å². The molecule has 19 heteroatoms. The highest BCUT2D eigenvalue weighted by Crippen LogP contribution is 2.45. The minimum Gasteiger partial charge on any atom is -0.462 e. The molecule has 0 aromatic rings. The number of esters is 4. The van der Waals surface area contributed by atoms with Gasteiger partial charge in [-0.15, -0.1) is 0 Å². The molecule has 0 heterocycles.